The van der Waals surface area contributed by atoms with Crippen LogP contribution in [0.25, 0.3) is 6.08 Å². The van der Waals surface area contributed by atoms with Gasteiger partial charge in [-0.2, -0.15) is 0 Å². The molecule has 1 fully saturated rings. The molecule has 1 aromatic carbocycles. The third kappa shape index (κ3) is 3.34. The molecule has 0 aromatic heterocycles. The fraction of sp³-hybridized carbons (Fsp3) is 0.231. The van der Waals surface area contributed by atoms with Gasteiger partial charge in [0.15, 0.2) is 11.5 Å². The second-order valence-corrected chi connectivity index (χ2v) is 6.38. The molecule has 0 atom stereocenters. The van der Waals surface area contributed by atoms with E-state index >= 15 is 0 Å². The second-order valence-electron chi connectivity index (χ2n) is 3.81. The fourth-order valence-electron chi connectivity index (χ4n) is 1.65. The highest BCUT2D eigenvalue weighted by atomic mass is 79.9. The summed E-state index contributed by atoms with van der Waals surface area (Å²) in [6.45, 7) is 2.46. The molecule has 0 saturated carbocycles. The van der Waals surface area contributed by atoms with Crippen molar-refractivity contribution in [3.8, 4) is 11.5 Å². The van der Waals surface area contributed by atoms with Gasteiger partial charge in [-0.15, -0.1) is 0 Å². The van der Waals surface area contributed by atoms with Gasteiger partial charge in [0, 0.05) is 4.47 Å². The number of carbonyl (C=O) groups is 1. The van der Waals surface area contributed by atoms with Crippen molar-refractivity contribution in [2.75, 3.05) is 13.7 Å². The second kappa shape index (κ2) is 6.60. The topological polar surface area (TPSA) is 47.6 Å². The normalized spacial score (nSPS) is 16.4. The number of carbonyl (C=O) groups excluding carboxylic acids is 1. The zero-order valence-electron chi connectivity index (χ0n) is 10.9. The highest BCUT2D eigenvalue weighted by Gasteiger charge is 2.22. The first-order chi connectivity index (χ1) is 9.55. The number of benzene rings is 1. The van der Waals surface area contributed by atoms with E-state index in [4.69, 9.17) is 21.7 Å². The number of nitrogens with one attached hydrogen (secondary N) is 1. The molecule has 0 spiro atoms. The average Bonchev–Trinajstić information content (AvgIpc) is 2.71. The van der Waals surface area contributed by atoms with Crippen molar-refractivity contribution in [1.29, 1.82) is 0 Å². The van der Waals surface area contributed by atoms with Gasteiger partial charge in [-0.1, -0.05) is 39.9 Å². The lowest BCUT2D eigenvalue weighted by Gasteiger charge is -2.11. The number of rotatable bonds is 4. The molecule has 7 heteroatoms. The summed E-state index contributed by atoms with van der Waals surface area (Å²) >= 11 is 9.67. The maximum absolute atomic E-state index is 11.7. The molecule has 4 nitrogen and oxygen atoms in total. The number of halogens is 1. The van der Waals surface area contributed by atoms with Gasteiger partial charge in [0.25, 0.3) is 5.91 Å². The Morgan fingerprint density at radius 3 is 2.75 bits per heavy atom. The van der Waals surface area contributed by atoms with Crippen molar-refractivity contribution in [1.82, 2.24) is 5.32 Å². The highest BCUT2D eigenvalue weighted by molar-refractivity contribution is 9.10. The standard InChI is InChI=1S/C13H12BrNO3S2/c1-3-18-10-6-8(14)7(4-9(10)17-2)5-11-12(16)15-13(19)20-11/h4-6H,3H2,1-2H3,(H,15,16,19)/b11-5+. The maximum atomic E-state index is 11.7. The quantitative estimate of drug-likeness (QED) is 0.647. The molecule has 1 saturated heterocycles. The summed E-state index contributed by atoms with van der Waals surface area (Å²) in [5.41, 5.74) is 0.827. The Hall–Kier alpha value is -1.05. The van der Waals surface area contributed by atoms with Gasteiger partial charge in [0.1, 0.15) is 4.32 Å². The largest absolute Gasteiger partial charge is 0.493 e. The Labute approximate surface area is 135 Å². The van der Waals surface area contributed by atoms with E-state index in [1.165, 1.54) is 11.8 Å². The van der Waals surface area contributed by atoms with Gasteiger partial charge in [0.2, 0.25) is 0 Å². The molecule has 1 aromatic rings. The summed E-state index contributed by atoms with van der Waals surface area (Å²) in [5, 5.41) is 2.58. The number of methoxy groups -OCH3 is 1. The first-order valence-electron chi connectivity index (χ1n) is 5.80. The SMILES string of the molecule is CCOc1cc(Br)c(/C=C2/SC(=S)NC2=O)cc1OC. The van der Waals surface area contributed by atoms with Crippen LogP contribution < -0.4 is 14.8 Å². The molecule has 1 aliphatic heterocycles. The van der Waals surface area contributed by atoms with Crippen LogP contribution in [0.15, 0.2) is 21.5 Å². The highest BCUT2D eigenvalue weighted by Crippen LogP contribution is 2.36. The van der Waals surface area contributed by atoms with Gasteiger partial charge in [-0.25, -0.2) is 0 Å². The summed E-state index contributed by atoms with van der Waals surface area (Å²) < 4.78 is 12.1. The molecule has 20 heavy (non-hydrogen) atoms. The van der Waals surface area contributed by atoms with Gasteiger partial charge in [-0.3, -0.25) is 4.79 Å². The molecule has 0 aliphatic carbocycles. The number of hydrogen-bond donors (Lipinski definition) is 1. The lowest BCUT2D eigenvalue weighted by molar-refractivity contribution is -0.115. The van der Waals surface area contributed by atoms with E-state index in [0.717, 1.165) is 10.0 Å². The smallest absolute Gasteiger partial charge is 0.263 e. The molecule has 1 aliphatic rings. The van der Waals surface area contributed by atoms with E-state index in [1.807, 2.05) is 19.1 Å². The van der Waals surface area contributed by atoms with Crippen LogP contribution in [-0.4, -0.2) is 23.9 Å². The number of hydrogen-bond acceptors (Lipinski definition) is 5. The first-order valence-corrected chi connectivity index (χ1v) is 7.82. The number of ether oxygens (including phenoxy) is 2. The van der Waals surface area contributed by atoms with Crippen LogP contribution in [-0.2, 0) is 4.79 Å². The summed E-state index contributed by atoms with van der Waals surface area (Å²) in [5.74, 6) is 1.09. The predicted octanol–water partition coefficient (Wildman–Crippen LogP) is 3.35. The van der Waals surface area contributed by atoms with Crippen LogP contribution in [0.3, 0.4) is 0 Å². The van der Waals surface area contributed by atoms with Crippen LogP contribution >= 0.6 is 39.9 Å². The first kappa shape index (κ1) is 15.3. The third-order valence-electron chi connectivity index (χ3n) is 2.51. The zero-order chi connectivity index (χ0) is 14.7. The summed E-state index contributed by atoms with van der Waals surface area (Å²) in [4.78, 5) is 12.2. The summed E-state index contributed by atoms with van der Waals surface area (Å²) in [7, 11) is 1.58. The maximum Gasteiger partial charge on any atom is 0.263 e. The molecular weight excluding hydrogens is 362 g/mol. The van der Waals surface area contributed by atoms with E-state index in [1.54, 1.807) is 13.2 Å². The van der Waals surface area contributed by atoms with Crippen molar-refractivity contribution < 1.29 is 14.3 Å². The lowest BCUT2D eigenvalue weighted by atomic mass is 10.2. The number of thiocarbonyl (C=S) groups is 1. The summed E-state index contributed by atoms with van der Waals surface area (Å²) in [6, 6.07) is 3.64. The van der Waals surface area contributed by atoms with Crippen LogP contribution in [0.4, 0.5) is 0 Å². The summed E-state index contributed by atoms with van der Waals surface area (Å²) in [6.07, 6.45) is 1.77. The Morgan fingerprint density at radius 2 is 2.20 bits per heavy atom. The van der Waals surface area contributed by atoms with Gasteiger partial charge >= 0.3 is 0 Å². The minimum atomic E-state index is -0.181. The monoisotopic (exact) mass is 373 g/mol. The molecule has 1 amide bonds. The minimum Gasteiger partial charge on any atom is -0.493 e. The van der Waals surface area contributed by atoms with E-state index in [0.29, 0.717) is 27.3 Å². The Morgan fingerprint density at radius 1 is 1.45 bits per heavy atom. The van der Waals surface area contributed by atoms with Crippen LogP contribution in [0.1, 0.15) is 12.5 Å². The fourth-order valence-corrected chi connectivity index (χ4v) is 3.12. The van der Waals surface area contributed by atoms with E-state index in [2.05, 4.69) is 21.2 Å². The van der Waals surface area contributed by atoms with Crippen LogP contribution in [0.2, 0.25) is 0 Å². The van der Waals surface area contributed by atoms with Gasteiger partial charge in [0.05, 0.1) is 18.6 Å². The third-order valence-corrected chi connectivity index (χ3v) is 4.36. The zero-order valence-corrected chi connectivity index (χ0v) is 14.1. The number of thioether (sulfide) groups is 1. The molecule has 106 valence electrons. The average molecular weight is 374 g/mol. The molecule has 0 radical (unpaired) electrons. The molecular formula is C13H12BrNO3S2. The predicted molar refractivity (Wildman–Crippen MR) is 88.2 cm³/mol. The van der Waals surface area contributed by atoms with Crippen LogP contribution in [0.5, 0.6) is 11.5 Å². The molecule has 1 N–H and O–H groups in total. The van der Waals surface area contributed by atoms with E-state index in [-0.39, 0.29) is 5.91 Å². The lowest BCUT2D eigenvalue weighted by Crippen LogP contribution is -2.17. The van der Waals surface area contributed by atoms with Gasteiger partial charge < -0.3 is 14.8 Å². The Bertz CT molecular complexity index is 602. The Kier molecular flexibility index (Phi) is 5.06. The van der Waals surface area contributed by atoms with E-state index in [9.17, 15) is 4.79 Å². The minimum absolute atomic E-state index is 0.181. The molecule has 2 rings (SSSR count). The molecule has 1 heterocycles. The van der Waals surface area contributed by atoms with Crippen molar-refractivity contribution in [3.05, 3.63) is 27.1 Å². The molecule has 0 unspecified atom stereocenters. The van der Waals surface area contributed by atoms with Crippen molar-refractivity contribution in [2.45, 2.75) is 6.92 Å². The van der Waals surface area contributed by atoms with Gasteiger partial charge in [-0.05, 0) is 30.7 Å². The number of amides is 1. The Balaban J connectivity index is 2.40. The van der Waals surface area contributed by atoms with Crippen molar-refractivity contribution in [3.63, 3.8) is 0 Å². The van der Waals surface area contributed by atoms with E-state index < -0.39 is 0 Å². The van der Waals surface area contributed by atoms with Crippen molar-refractivity contribution >= 4 is 56.2 Å². The van der Waals surface area contributed by atoms with Crippen LogP contribution in [0, 0.1) is 0 Å². The van der Waals surface area contributed by atoms with Crippen molar-refractivity contribution in [2.24, 2.45) is 0 Å². The molecule has 0 bridgehead atoms.